The molecule has 1 aromatic rings. The van der Waals surface area contributed by atoms with Crippen molar-refractivity contribution >= 4 is 15.7 Å². The molecule has 1 rings (SSSR count). The Morgan fingerprint density at radius 3 is 1.95 bits per heavy atom. The van der Waals surface area contributed by atoms with Crippen molar-refractivity contribution in [2.24, 2.45) is 0 Å². The number of anilines is 1. The molecular weight excluding hydrogens is 307 g/mol. The van der Waals surface area contributed by atoms with Gasteiger partial charge in [0.25, 0.3) is 0 Å². The first-order valence-corrected chi connectivity index (χ1v) is 6.68. The zero-order chi connectivity index (χ0) is 15.7. The number of alkyl halides is 1. The lowest BCUT2D eigenvalue weighted by Crippen LogP contribution is -2.26. The molecular formula is C10H11F5N2O2S. The molecule has 0 fully saturated rings. The fraction of sp³-hybridized carbons (Fsp3) is 0.400. The van der Waals surface area contributed by atoms with E-state index in [4.69, 9.17) is 0 Å². The first kappa shape index (κ1) is 16.6. The van der Waals surface area contributed by atoms with E-state index >= 15 is 0 Å². The van der Waals surface area contributed by atoms with Crippen LogP contribution in [0.5, 0.6) is 0 Å². The third kappa shape index (κ3) is 2.70. The number of rotatable bonds is 5. The molecule has 0 spiro atoms. The zero-order valence-electron chi connectivity index (χ0n) is 10.5. The fourth-order valence-corrected chi connectivity index (χ4v) is 2.47. The van der Waals surface area contributed by atoms with Crippen LogP contribution < -0.4 is 5.32 Å². The van der Waals surface area contributed by atoms with Crippen LogP contribution in [0, 0.1) is 23.3 Å². The van der Waals surface area contributed by atoms with Crippen LogP contribution in [-0.2, 0) is 10.0 Å². The second-order valence-electron chi connectivity index (χ2n) is 3.86. The lowest BCUT2D eigenvalue weighted by atomic mass is 10.2. The highest BCUT2D eigenvalue weighted by Gasteiger charge is 2.34. The Bertz CT molecular complexity index is 619. The summed E-state index contributed by atoms with van der Waals surface area (Å²) in [5.74, 6) is -8.44. The van der Waals surface area contributed by atoms with E-state index in [1.807, 2.05) is 5.32 Å². The Kier molecular flexibility index (Phi) is 4.92. The summed E-state index contributed by atoms with van der Waals surface area (Å²) < 4.78 is 89.8. The summed E-state index contributed by atoms with van der Waals surface area (Å²) in [6, 6.07) is 0. The summed E-state index contributed by atoms with van der Waals surface area (Å²) >= 11 is 0. The molecule has 0 radical (unpaired) electrons. The maximum absolute atomic E-state index is 13.7. The molecule has 0 atom stereocenters. The van der Waals surface area contributed by atoms with Crippen LogP contribution >= 0.6 is 0 Å². The van der Waals surface area contributed by atoms with E-state index in [1.54, 1.807) is 0 Å². The molecule has 1 N–H and O–H groups in total. The molecule has 0 amide bonds. The molecule has 0 aliphatic carbocycles. The van der Waals surface area contributed by atoms with Crippen molar-refractivity contribution in [3.05, 3.63) is 23.3 Å². The van der Waals surface area contributed by atoms with Crippen molar-refractivity contribution in [1.29, 1.82) is 0 Å². The largest absolute Gasteiger partial charge is 0.379 e. The Morgan fingerprint density at radius 1 is 1.00 bits per heavy atom. The molecule has 114 valence electrons. The number of halogens is 5. The van der Waals surface area contributed by atoms with E-state index in [9.17, 15) is 30.4 Å². The van der Waals surface area contributed by atoms with Crippen molar-refractivity contribution in [2.45, 2.75) is 4.90 Å². The van der Waals surface area contributed by atoms with Gasteiger partial charge in [-0.25, -0.2) is 34.7 Å². The predicted molar refractivity (Wildman–Crippen MR) is 61.6 cm³/mol. The normalized spacial score (nSPS) is 12.0. The third-order valence-corrected chi connectivity index (χ3v) is 4.22. The number of hydrogen-bond acceptors (Lipinski definition) is 3. The average Bonchev–Trinajstić information content (AvgIpc) is 2.38. The van der Waals surface area contributed by atoms with Crippen LogP contribution in [0.4, 0.5) is 27.6 Å². The summed E-state index contributed by atoms with van der Waals surface area (Å²) in [6.45, 7) is -1.65. The molecule has 0 aromatic heterocycles. The van der Waals surface area contributed by atoms with Crippen molar-refractivity contribution < 1.29 is 30.4 Å². The van der Waals surface area contributed by atoms with Gasteiger partial charge in [-0.2, -0.15) is 0 Å². The van der Waals surface area contributed by atoms with Gasteiger partial charge >= 0.3 is 0 Å². The first-order valence-electron chi connectivity index (χ1n) is 5.24. The van der Waals surface area contributed by atoms with Crippen LogP contribution in [0.15, 0.2) is 4.90 Å². The highest BCUT2D eigenvalue weighted by molar-refractivity contribution is 7.89. The van der Waals surface area contributed by atoms with Gasteiger partial charge in [-0.05, 0) is 0 Å². The maximum atomic E-state index is 13.7. The summed E-state index contributed by atoms with van der Waals surface area (Å²) in [4.78, 5) is -1.41. The Hall–Kier alpha value is -1.42. The van der Waals surface area contributed by atoms with Crippen molar-refractivity contribution in [3.63, 3.8) is 0 Å². The lowest BCUT2D eigenvalue weighted by molar-refractivity contribution is 0.395. The zero-order valence-corrected chi connectivity index (χ0v) is 11.3. The second kappa shape index (κ2) is 5.92. The van der Waals surface area contributed by atoms with Gasteiger partial charge in [-0.1, -0.05) is 0 Å². The molecule has 0 bridgehead atoms. The Balaban J connectivity index is 3.72. The SMILES string of the molecule is CN(C)S(=O)(=O)c1c(F)c(F)c(F)c(F)c1NCCF. The fourth-order valence-electron chi connectivity index (χ4n) is 1.37. The summed E-state index contributed by atoms with van der Waals surface area (Å²) in [7, 11) is -2.62. The molecule has 0 unspecified atom stereocenters. The van der Waals surface area contributed by atoms with Gasteiger partial charge in [-0.15, -0.1) is 0 Å². The smallest absolute Gasteiger partial charge is 0.247 e. The lowest BCUT2D eigenvalue weighted by Gasteiger charge is -2.18. The Labute approximate surface area is 112 Å². The van der Waals surface area contributed by atoms with Gasteiger partial charge in [-0.3, -0.25) is 0 Å². The third-order valence-electron chi connectivity index (χ3n) is 2.36. The summed E-state index contributed by atoms with van der Waals surface area (Å²) in [5.41, 5.74) is -1.15. The maximum Gasteiger partial charge on any atom is 0.247 e. The van der Waals surface area contributed by atoms with Crippen LogP contribution in [0.3, 0.4) is 0 Å². The van der Waals surface area contributed by atoms with Crippen molar-refractivity contribution in [2.75, 3.05) is 32.6 Å². The molecule has 4 nitrogen and oxygen atoms in total. The number of hydrogen-bond donors (Lipinski definition) is 1. The van der Waals surface area contributed by atoms with Gasteiger partial charge in [0, 0.05) is 20.6 Å². The molecule has 0 aliphatic heterocycles. The van der Waals surface area contributed by atoms with Crippen LogP contribution in [0.1, 0.15) is 0 Å². The number of nitrogens with zero attached hydrogens (tertiary/aromatic N) is 1. The molecule has 0 heterocycles. The first-order chi connectivity index (χ1) is 9.16. The number of nitrogens with one attached hydrogen (secondary N) is 1. The quantitative estimate of drug-likeness (QED) is 0.512. The molecule has 0 aliphatic rings. The highest BCUT2D eigenvalue weighted by Crippen LogP contribution is 2.33. The minimum absolute atomic E-state index is 0.489. The topological polar surface area (TPSA) is 49.4 Å². The van der Waals surface area contributed by atoms with E-state index in [1.165, 1.54) is 0 Å². The van der Waals surface area contributed by atoms with Crippen molar-refractivity contribution in [1.82, 2.24) is 4.31 Å². The standard InChI is InChI=1S/C10H11F5N2O2S/c1-17(2)20(18,19)10-8(15)6(13)5(12)7(14)9(10)16-4-3-11/h16H,3-4H2,1-2H3. The van der Waals surface area contributed by atoms with E-state index in [0.29, 0.717) is 4.31 Å². The monoisotopic (exact) mass is 318 g/mol. The molecule has 0 saturated heterocycles. The molecule has 10 heteroatoms. The number of sulfonamides is 1. The second-order valence-corrected chi connectivity index (χ2v) is 5.95. The minimum atomic E-state index is -4.60. The van der Waals surface area contributed by atoms with Crippen LogP contribution in [-0.4, -0.2) is 40.0 Å². The summed E-state index contributed by atoms with van der Waals surface area (Å²) in [5, 5.41) is 1.90. The van der Waals surface area contributed by atoms with Crippen LogP contribution in [0.2, 0.25) is 0 Å². The van der Waals surface area contributed by atoms with Gasteiger partial charge in [0.2, 0.25) is 10.0 Å². The molecule has 0 saturated carbocycles. The van der Waals surface area contributed by atoms with E-state index < -0.39 is 57.1 Å². The van der Waals surface area contributed by atoms with Crippen LogP contribution in [0.25, 0.3) is 0 Å². The average molecular weight is 318 g/mol. The van der Waals surface area contributed by atoms with Gasteiger partial charge in [0.1, 0.15) is 11.6 Å². The van der Waals surface area contributed by atoms with Gasteiger partial charge < -0.3 is 5.32 Å². The predicted octanol–water partition coefficient (Wildman–Crippen LogP) is 1.87. The van der Waals surface area contributed by atoms with E-state index in [0.717, 1.165) is 14.1 Å². The van der Waals surface area contributed by atoms with E-state index in [-0.39, 0.29) is 0 Å². The minimum Gasteiger partial charge on any atom is -0.379 e. The highest BCUT2D eigenvalue weighted by atomic mass is 32.2. The van der Waals surface area contributed by atoms with Gasteiger partial charge in [0.15, 0.2) is 23.3 Å². The Morgan fingerprint density at radius 2 is 1.50 bits per heavy atom. The molecule has 1 aromatic carbocycles. The number of benzene rings is 1. The van der Waals surface area contributed by atoms with E-state index in [2.05, 4.69) is 0 Å². The molecule has 20 heavy (non-hydrogen) atoms. The summed E-state index contributed by atoms with van der Waals surface area (Å²) in [6.07, 6.45) is 0. The van der Waals surface area contributed by atoms with Gasteiger partial charge in [0.05, 0.1) is 5.69 Å². The van der Waals surface area contributed by atoms with Crippen molar-refractivity contribution in [3.8, 4) is 0 Å².